The van der Waals surface area contributed by atoms with Crippen LogP contribution in [0, 0.1) is 0 Å². The summed E-state index contributed by atoms with van der Waals surface area (Å²) >= 11 is 40.7. The molecule has 0 fully saturated rings. The van der Waals surface area contributed by atoms with Crippen LogP contribution in [-0.4, -0.2) is 14.0 Å². The molecule has 13 heavy (non-hydrogen) atoms. The number of hydrogen-bond donors (Lipinski definition) is 0. The molecule has 0 bridgehead atoms. The summed E-state index contributed by atoms with van der Waals surface area (Å²) in [4.78, 5) is 0. The SMILES string of the molecule is ClC1=C(Cl)C(Cl)(Cl)CC(Cl)(Cl)C1Cl. The van der Waals surface area contributed by atoms with Crippen LogP contribution in [0.4, 0.5) is 0 Å². The first-order chi connectivity index (χ1) is 5.68. The molecular formula is C6H3Cl7. The van der Waals surface area contributed by atoms with Gasteiger partial charge in [-0.25, -0.2) is 0 Å². The van der Waals surface area contributed by atoms with E-state index in [9.17, 15) is 0 Å². The van der Waals surface area contributed by atoms with Gasteiger partial charge in [-0.3, -0.25) is 0 Å². The fourth-order valence-electron chi connectivity index (χ4n) is 0.935. The molecule has 1 aliphatic rings. The van der Waals surface area contributed by atoms with Gasteiger partial charge in [0.15, 0.2) is 4.33 Å². The first kappa shape index (κ1) is 12.8. The van der Waals surface area contributed by atoms with Gasteiger partial charge in [-0.05, 0) is 0 Å². The maximum absolute atomic E-state index is 5.85. The quantitative estimate of drug-likeness (QED) is 0.548. The molecule has 0 saturated carbocycles. The Bertz CT molecular complexity index is 254. The highest BCUT2D eigenvalue weighted by atomic mass is 35.5. The van der Waals surface area contributed by atoms with Crippen LogP contribution in [0.1, 0.15) is 6.42 Å². The monoisotopic (exact) mass is 320 g/mol. The first-order valence-corrected chi connectivity index (χ1v) is 5.84. The van der Waals surface area contributed by atoms with E-state index in [2.05, 4.69) is 0 Å². The minimum absolute atomic E-state index is 0.0233. The number of allylic oxidation sites excluding steroid dienone is 2. The molecule has 0 aromatic heterocycles. The highest BCUT2D eigenvalue weighted by molar-refractivity contribution is 6.62. The summed E-state index contributed by atoms with van der Waals surface area (Å²) in [7, 11) is 0. The Labute approximate surface area is 111 Å². The molecular weight excluding hydrogens is 320 g/mol. The van der Waals surface area contributed by atoms with Crippen molar-refractivity contribution in [3.05, 3.63) is 10.1 Å². The summed E-state index contributed by atoms with van der Waals surface area (Å²) in [6.45, 7) is 0. The van der Waals surface area contributed by atoms with Crippen LogP contribution < -0.4 is 0 Å². The fraction of sp³-hybridized carbons (Fsp3) is 0.667. The lowest BCUT2D eigenvalue weighted by Gasteiger charge is -2.36. The van der Waals surface area contributed by atoms with Crippen molar-refractivity contribution in [2.45, 2.75) is 20.5 Å². The molecule has 0 saturated heterocycles. The Morgan fingerprint density at radius 3 is 2.00 bits per heavy atom. The van der Waals surface area contributed by atoms with E-state index in [1.165, 1.54) is 0 Å². The van der Waals surface area contributed by atoms with Gasteiger partial charge in [-0.2, -0.15) is 0 Å². The molecule has 0 aromatic rings. The van der Waals surface area contributed by atoms with Gasteiger partial charge in [0.05, 0.1) is 10.1 Å². The van der Waals surface area contributed by atoms with Gasteiger partial charge < -0.3 is 0 Å². The van der Waals surface area contributed by atoms with Gasteiger partial charge in [0.2, 0.25) is 0 Å². The van der Waals surface area contributed by atoms with E-state index in [1.54, 1.807) is 0 Å². The van der Waals surface area contributed by atoms with Gasteiger partial charge in [0.1, 0.15) is 9.71 Å². The van der Waals surface area contributed by atoms with E-state index in [0.717, 1.165) is 0 Å². The number of rotatable bonds is 0. The Morgan fingerprint density at radius 2 is 1.54 bits per heavy atom. The highest BCUT2D eigenvalue weighted by Crippen LogP contribution is 2.54. The molecule has 1 aliphatic carbocycles. The van der Waals surface area contributed by atoms with Crippen LogP contribution in [0.25, 0.3) is 0 Å². The lowest BCUT2D eigenvalue weighted by molar-refractivity contribution is 0.647. The predicted octanol–water partition coefficient (Wildman–Crippen LogP) is 5.03. The Hall–Kier alpha value is 1.77. The van der Waals surface area contributed by atoms with Crippen molar-refractivity contribution in [2.75, 3.05) is 0 Å². The van der Waals surface area contributed by atoms with Gasteiger partial charge in [0, 0.05) is 6.42 Å². The van der Waals surface area contributed by atoms with Crippen molar-refractivity contribution >= 4 is 81.2 Å². The second-order valence-corrected chi connectivity index (χ2v) is 6.91. The molecule has 0 nitrogen and oxygen atoms in total. The van der Waals surface area contributed by atoms with Crippen molar-refractivity contribution in [3.63, 3.8) is 0 Å². The smallest absolute Gasteiger partial charge is 0.113 e. The molecule has 0 N–H and O–H groups in total. The third kappa shape index (κ3) is 2.47. The van der Waals surface area contributed by atoms with Gasteiger partial charge in [-0.1, -0.05) is 69.6 Å². The molecule has 0 aliphatic heterocycles. The zero-order chi connectivity index (χ0) is 10.4. The molecule has 76 valence electrons. The molecule has 0 radical (unpaired) electrons. The molecule has 7 heteroatoms. The van der Waals surface area contributed by atoms with Crippen molar-refractivity contribution in [1.29, 1.82) is 0 Å². The minimum atomic E-state index is -1.37. The van der Waals surface area contributed by atoms with Crippen LogP contribution in [-0.2, 0) is 0 Å². The Morgan fingerprint density at radius 1 is 1.08 bits per heavy atom. The summed E-state index contributed by atoms with van der Waals surface area (Å²) in [5.41, 5.74) is 0. The van der Waals surface area contributed by atoms with Crippen molar-refractivity contribution in [2.24, 2.45) is 0 Å². The second-order valence-electron chi connectivity index (χ2n) is 2.67. The van der Waals surface area contributed by atoms with Crippen molar-refractivity contribution in [3.8, 4) is 0 Å². The van der Waals surface area contributed by atoms with Crippen LogP contribution in [0.2, 0.25) is 0 Å². The Balaban J connectivity index is 3.17. The fourth-order valence-corrected chi connectivity index (χ4v) is 3.43. The zero-order valence-electron chi connectivity index (χ0n) is 5.93. The van der Waals surface area contributed by atoms with Gasteiger partial charge in [0.25, 0.3) is 0 Å². The largest absolute Gasteiger partial charge is 0.157 e. The summed E-state index contributed by atoms with van der Waals surface area (Å²) in [5, 5.41) is -0.630. The maximum Gasteiger partial charge on any atom is 0.157 e. The highest BCUT2D eigenvalue weighted by Gasteiger charge is 2.50. The van der Waals surface area contributed by atoms with E-state index in [0.29, 0.717) is 0 Å². The van der Waals surface area contributed by atoms with Crippen LogP contribution >= 0.6 is 81.2 Å². The second kappa shape index (κ2) is 3.97. The van der Waals surface area contributed by atoms with Crippen LogP contribution in [0.15, 0.2) is 10.1 Å². The topological polar surface area (TPSA) is 0 Å². The lowest BCUT2D eigenvalue weighted by atomic mass is 10.0. The zero-order valence-corrected chi connectivity index (χ0v) is 11.2. The van der Waals surface area contributed by atoms with E-state index < -0.39 is 14.0 Å². The third-order valence-corrected chi connectivity index (χ3v) is 5.08. The van der Waals surface area contributed by atoms with E-state index in [1.807, 2.05) is 0 Å². The maximum atomic E-state index is 5.85. The predicted molar refractivity (Wildman–Crippen MR) is 61.9 cm³/mol. The minimum Gasteiger partial charge on any atom is -0.113 e. The molecule has 1 unspecified atom stereocenters. The molecule has 0 spiro atoms. The number of alkyl halides is 5. The number of halogens is 7. The number of hydrogen-bond acceptors (Lipinski definition) is 0. The van der Waals surface area contributed by atoms with Crippen molar-refractivity contribution in [1.82, 2.24) is 0 Å². The standard InChI is InChI=1S/C6H3Cl7/c7-2-3(8)5(10,11)1-6(12,13)4(2)9/h3H,1H2. The average molecular weight is 323 g/mol. The van der Waals surface area contributed by atoms with Gasteiger partial charge in [-0.15, -0.1) is 11.6 Å². The molecule has 0 heterocycles. The van der Waals surface area contributed by atoms with E-state index >= 15 is 0 Å². The summed E-state index contributed by atoms with van der Waals surface area (Å²) in [6, 6.07) is 0. The van der Waals surface area contributed by atoms with E-state index in [4.69, 9.17) is 81.2 Å². The van der Waals surface area contributed by atoms with Crippen molar-refractivity contribution < 1.29 is 0 Å². The van der Waals surface area contributed by atoms with Crippen LogP contribution in [0.3, 0.4) is 0 Å². The molecule has 1 rings (SSSR count). The van der Waals surface area contributed by atoms with Gasteiger partial charge >= 0.3 is 0 Å². The Kier molecular flexibility index (Phi) is 3.92. The average Bonchev–Trinajstić information content (AvgIpc) is 1.96. The molecule has 1 atom stereocenters. The molecule has 0 amide bonds. The summed E-state index contributed by atoms with van der Waals surface area (Å²) in [5.74, 6) is 0. The summed E-state index contributed by atoms with van der Waals surface area (Å²) < 4.78 is -2.67. The normalized spacial score (nSPS) is 32.1. The van der Waals surface area contributed by atoms with Crippen LogP contribution in [0.5, 0.6) is 0 Å². The first-order valence-electron chi connectivity index (χ1n) is 3.14. The summed E-state index contributed by atoms with van der Waals surface area (Å²) in [6.07, 6.45) is 0.0233. The van der Waals surface area contributed by atoms with E-state index in [-0.39, 0.29) is 16.5 Å². The lowest BCUT2D eigenvalue weighted by Crippen LogP contribution is -2.39. The molecule has 0 aromatic carbocycles. The third-order valence-electron chi connectivity index (χ3n) is 1.58.